The van der Waals surface area contributed by atoms with E-state index in [2.05, 4.69) is 45.9 Å². The third kappa shape index (κ3) is 8.58. The maximum absolute atomic E-state index is 8.55. The molecule has 0 atom stereocenters. The molecule has 0 bridgehead atoms. The van der Waals surface area contributed by atoms with Gasteiger partial charge in [-0.1, -0.05) is 0 Å². The molecule has 0 amide bonds. The number of phosphoric acid groups is 1. The van der Waals surface area contributed by atoms with Crippen molar-refractivity contribution in [3.63, 3.8) is 0 Å². The van der Waals surface area contributed by atoms with Gasteiger partial charge in [-0.3, -0.25) is 0 Å². The Balaban J connectivity index is 0.000000494. The van der Waals surface area contributed by atoms with Crippen molar-refractivity contribution in [2.75, 3.05) is 0 Å². The van der Waals surface area contributed by atoms with Crippen molar-refractivity contribution in [2.24, 2.45) is 0 Å². The van der Waals surface area contributed by atoms with Crippen LogP contribution in [0.4, 0.5) is 0 Å². The van der Waals surface area contributed by atoms with Crippen molar-refractivity contribution in [3.8, 4) is 5.75 Å². The number of hydrogen-bond acceptors (Lipinski definition) is 5. The minimum Gasteiger partial charge on any atom is -0.822 e. The normalized spacial score (nSPS) is 11.6. The third-order valence-corrected chi connectivity index (χ3v) is 2.74. The van der Waals surface area contributed by atoms with Gasteiger partial charge in [-0.15, -0.1) is 0 Å². The Labute approximate surface area is 135 Å². The zero-order valence-electron chi connectivity index (χ0n) is 10.7. The van der Waals surface area contributed by atoms with Crippen molar-refractivity contribution in [1.29, 1.82) is 0 Å². The van der Waals surface area contributed by atoms with Gasteiger partial charge in [0.2, 0.25) is 0 Å². The van der Waals surface area contributed by atoms with Gasteiger partial charge in [0, 0.05) is 0 Å². The molecule has 0 fully saturated rings. The van der Waals surface area contributed by atoms with Gasteiger partial charge in [0.25, 0.3) is 0 Å². The average Bonchev–Trinajstić information content (AvgIpc) is 2.13. The van der Waals surface area contributed by atoms with Crippen LogP contribution in [0.1, 0.15) is 31.9 Å². The summed E-state index contributed by atoms with van der Waals surface area (Å²) in [4.78, 5) is 25.6. The molecule has 0 aromatic heterocycles. The van der Waals surface area contributed by atoms with Crippen LogP contribution in [0.2, 0.25) is 0 Å². The molecule has 1 aromatic rings. The summed E-state index contributed by atoms with van der Waals surface area (Å²) in [5, 5.41) is 0. The molecular weight excluding hydrogens is 383 g/mol. The number of rotatable bonds is 1. The monoisotopic (exact) mass is 398 g/mol. The standard InChI is InChI=1S/C11H16O.Ce.H3O4P/c1-8-5-6-10(12)9(7-8)11(2,3)4;;1-5(2,3)4/h5-7,12H,1-4H3;;(H3,1,2,3,4)/q;+4;/p-4. The first-order valence-electron chi connectivity index (χ1n) is 5.13. The predicted octanol–water partition coefficient (Wildman–Crippen LogP) is 0.311. The molecule has 7 heteroatoms. The molecule has 0 aliphatic heterocycles. The number of aryl methyl sites for hydroxylation is 1. The molecule has 0 aliphatic carbocycles. The van der Waals surface area contributed by atoms with Crippen LogP contribution in [0.25, 0.3) is 0 Å². The Bertz CT molecular complexity index is 427. The summed E-state index contributed by atoms with van der Waals surface area (Å²) in [6.45, 7) is 8.76. The summed E-state index contributed by atoms with van der Waals surface area (Å²) in [6.07, 6.45) is 0. The minimum absolute atomic E-state index is 0.172. The first-order chi connectivity index (χ1) is 7.95. The molecule has 0 unspecified atom stereocenters. The predicted molar refractivity (Wildman–Crippen MR) is 58.1 cm³/mol. The molecule has 0 radical (unpaired) electrons. The molecule has 0 saturated heterocycles. The fourth-order valence-corrected chi connectivity index (χ4v) is 1.88. The number of hydrogen-bond donors (Lipinski definition) is 0. The van der Waals surface area contributed by atoms with Crippen LogP contribution in [0.3, 0.4) is 0 Å². The Morgan fingerprint density at radius 1 is 1.22 bits per heavy atom. The fraction of sp³-hybridized carbons (Fsp3) is 0.455. The van der Waals surface area contributed by atoms with E-state index in [9.17, 15) is 0 Å². The summed E-state index contributed by atoms with van der Waals surface area (Å²) in [7, 11) is -5.39. The summed E-state index contributed by atoms with van der Waals surface area (Å²) < 4.78 is 14.0. The van der Waals surface area contributed by atoms with Crippen LogP contribution in [0.5, 0.6) is 5.75 Å². The molecule has 0 saturated carbocycles. The van der Waals surface area contributed by atoms with E-state index in [1.165, 1.54) is 11.1 Å². The molecule has 18 heavy (non-hydrogen) atoms. The first-order valence-corrected chi connectivity index (χ1v) is 7.87. The largest absolute Gasteiger partial charge is 0.822 e. The number of benzene rings is 1. The Morgan fingerprint density at radius 2 is 1.67 bits per heavy atom. The van der Waals surface area contributed by atoms with E-state index in [0.29, 0.717) is 0 Å². The fourth-order valence-electron chi connectivity index (χ4n) is 1.32. The van der Waals surface area contributed by atoms with Crippen LogP contribution in [-0.4, -0.2) is 0 Å². The maximum Gasteiger partial charge on any atom is -0.159 e. The van der Waals surface area contributed by atoms with Gasteiger partial charge >= 0.3 is 109 Å². The average molecular weight is 398 g/mol. The second-order valence-electron chi connectivity index (χ2n) is 4.80. The molecule has 5 nitrogen and oxygen atoms in total. The zero-order valence-corrected chi connectivity index (χ0v) is 14.8. The van der Waals surface area contributed by atoms with Gasteiger partial charge in [0.1, 0.15) is 0 Å². The first kappa shape index (κ1) is 18.5. The third-order valence-electron chi connectivity index (χ3n) is 2.05. The van der Waals surface area contributed by atoms with Gasteiger partial charge in [0.05, 0.1) is 0 Å². The van der Waals surface area contributed by atoms with Gasteiger partial charge < -0.3 is 19.2 Å². The Morgan fingerprint density at radius 3 is 2.00 bits per heavy atom. The van der Waals surface area contributed by atoms with Crippen LogP contribution >= 0.6 is 7.82 Å². The van der Waals surface area contributed by atoms with Crippen molar-refractivity contribution >= 4 is 7.82 Å². The second-order valence-corrected chi connectivity index (χ2v) is 6.33. The summed E-state index contributed by atoms with van der Waals surface area (Å²) in [6, 6.07) is 6.39. The van der Waals surface area contributed by atoms with E-state index < -0.39 is 7.82 Å². The molecule has 98 valence electrons. The van der Waals surface area contributed by atoms with Gasteiger partial charge in [0.15, 0.2) is 0 Å². The quantitative estimate of drug-likeness (QED) is 0.635. The zero-order chi connectivity index (χ0) is 14.6. The molecule has 1 rings (SSSR count). The van der Waals surface area contributed by atoms with E-state index in [1.807, 2.05) is 0 Å². The van der Waals surface area contributed by atoms with Crippen molar-refractivity contribution in [1.82, 2.24) is 0 Å². The van der Waals surface area contributed by atoms with E-state index >= 15 is 0 Å². The Hall–Kier alpha value is 0.507. The van der Waals surface area contributed by atoms with E-state index in [4.69, 9.17) is 20.2 Å². The van der Waals surface area contributed by atoms with Gasteiger partial charge in [-0.2, -0.15) is 7.82 Å². The summed E-state index contributed by atoms with van der Waals surface area (Å²) in [5.41, 5.74) is 2.78. The van der Waals surface area contributed by atoms with Crippen LogP contribution < -0.4 is 15.6 Å². The molecule has 0 spiro atoms. The molecule has 0 N–H and O–H groups in total. The van der Waals surface area contributed by atoms with Gasteiger partial charge in [-0.05, 0) is 0 Å². The molecule has 0 aliphatic rings. The van der Waals surface area contributed by atoms with E-state index in [1.54, 1.807) is 0 Å². The van der Waals surface area contributed by atoms with Crippen LogP contribution in [0, 0.1) is 47.2 Å². The van der Waals surface area contributed by atoms with Gasteiger partial charge in [-0.25, -0.2) is 0 Å². The maximum atomic E-state index is 8.55. The molecule has 1 aromatic carbocycles. The molecule has 0 heterocycles. The molecular formula is C11H15CeO5P. The second kappa shape index (κ2) is 7.33. The van der Waals surface area contributed by atoms with Crippen LogP contribution in [-0.2, 0) is 9.98 Å². The van der Waals surface area contributed by atoms with Crippen molar-refractivity contribution in [2.45, 2.75) is 33.1 Å². The topological polar surface area (TPSA) is 95.5 Å². The SMILES string of the molecule is Cc1ccc([O][Ce+3])c(C(C)(C)C)c1.O=P([O-])([O-])[O-]. The summed E-state index contributed by atoms with van der Waals surface area (Å²) >= 11 is 0.757. The smallest absolute Gasteiger partial charge is 0.159 e. The van der Waals surface area contributed by atoms with Crippen molar-refractivity contribution < 1.29 is 60.4 Å². The summed E-state index contributed by atoms with van der Waals surface area (Å²) in [5.74, 6) is 1.05. The van der Waals surface area contributed by atoms with E-state index in [-0.39, 0.29) is 5.41 Å². The van der Waals surface area contributed by atoms with Crippen LogP contribution in [0.15, 0.2) is 18.2 Å². The van der Waals surface area contributed by atoms with Crippen molar-refractivity contribution in [3.05, 3.63) is 29.3 Å². The Kier molecular flexibility index (Phi) is 7.54. The minimum atomic E-state index is -5.39. The van der Waals surface area contributed by atoms with E-state index in [0.717, 1.165) is 46.0 Å².